The van der Waals surface area contributed by atoms with Gasteiger partial charge in [-0.1, -0.05) is 23.5 Å². The molecular weight excluding hydrogens is 248 g/mol. The van der Waals surface area contributed by atoms with Gasteiger partial charge in [-0.3, -0.25) is 4.79 Å². The lowest BCUT2D eigenvalue weighted by atomic mass is 9.74. The molecule has 2 aromatic rings. The van der Waals surface area contributed by atoms with Crippen LogP contribution >= 0.6 is 11.3 Å². The van der Waals surface area contributed by atoms with Gasteiger partial charge in [0.2, 0.25) is 0 Å². The highest BCUT2D eigenvalue weighted by Crippen LogP contribution is 2.39. The van der Waals surface area contributed by atoms with E-state index in [2.05, 4.69) is 10.3 Å². The number of thiazole rings is 1. The zero-order chi connectivity index (χ0) is 12.6. The van der Waals surface area contributed by atoms with Gasteiger partial charge in [0.1, 0.15) is 0 Å². The monoisotopic (exact) mass is 262 g/mol. The standard InChI is InChI=1S/C13H14N2O2S/c16-11(17)8-13(6-3-7-13)15-12-14-9-4-1-2-5-10(9)18-12/h1-2,4-5H,3,6-8H2,(H,14,15)(H,16,17). The van der Waals surface area contributed by atoms with E-state index >= 15 is 0 Å². The van der Waals surface area contributed by atoms with Crippen LogP contribution < -0.4 is 5.32 Å². The second kappa shape index (κ2) is 4.24. The van der Waals surface area contributed by atoms with Crippen LogP contribution in [0.1, 0.15) is 25.7 Å². The molecule has 0 radical (unpaired) electrons. The summed E-state index contributed by atoms with van der Waals surface area (Å²) in [5.41, 5.74) is 0.689. The van der Waals surface area contributed by atoms with Crippen LogP contribution in [-0.4, -0.2) is 21.6 Å². The summed E-state index contributed by atoms with van der Waals surface area (Å²) >= 11 is 1.59. The lowest BCUT2D eigenvalue weighted by Gasteiger charge is -2.41. The molecule has 3 rings (SSSR count). The molecular formula is C13H14N2O2S. The second-order valence-corrected chi connectivity index (χ2v) is 5.85. The molecule has 1 fully saturated rings. The van der Waals surface area contributed by atoms with E-state index in [-0.39, 0.29) is 12.0 Å². The highest BCUT2D eigenvalue weighted by atomic mass is 32.1. The number of carboxylic acid groups (broad SMARTS) is 1. The van der Waals surface area contributed by atoms with Gasteiger partial charge in [0.25, 0.3) is 0 Å². The Kier molecular flexibility index (Phi) is 2.70. The number of fused-ring (bicyclic) bond motifs is 1. The normalized spacial score (nSPS) is 17.3. The number of aliphatic carboxylic acids is 1. The van der Waals surface area contributed by atoms with Crippen molar-refractivity contribution in [1.29, 1.82) is 0 Å². The maximum Gasteiger partial charge on any atom is 0.305 e. The molecule has 94 valence electrons. The molecule has 0 atom stereocenters. The van der Waals surface area contributed by atoms with Gasteiger partial charge >= 0.3 is 5.97 Å². The Bertz CT molecular complexity index is 556. The largest absolute Gasteiger partial charge is 0.481 e. The molecule has 1 aliphatic rings. The summed E-state index contributed by atoms with van der Waals surface area (Å²) in [7, 11) is 0. The number of anilines is 1. The fraction of sp³-hybridized carbons (Fsp3) is 0.385. The number of aromatic nitrogens is 1. The predicted octanol–water partition coefficient (Wildman–Crippen LogP) is 3.11. The number of nitrogens with one attached hydrogen (secondary N) is 1. The summed E-state index contributed by atoms with van der Waals surface area (Å²) < 4.78 is 1.13. The third-order valence-corrected chi connectivity index (χ3v) is 4.42. The topological polar surface area (TPSA) is 62.2 Å². The number of rotatable bonds is 4. The molecule has 0 bridgehead atoms. The van der Waals surface area contributed by atoms with Crippen molar-refractivity contribution in [2.45, 2.75) is 31.2 Å². The number of para-hydroxylation sites is 1. The number of carboxylic acids is 1. The fourth-order valence-electron chi connectivity index (χ4n) is 2.39. The predicted molar refractivity (Wildman–Crippen MR) is 72.1 cm³/mol. The average molecular weight is 262 g/mol. The van der Waals surface area contributed by atoms with Crippen LogP contribution in [0, 0.1) is 0 Å². The Labute approximate surface area is 109 Å². The van der Waals surface area contributed by atoms with Gasteiger partial charge in [-0.25, -0.2) is 4.98 Å². The Balaban J connectivity index is 1.84. The lowest BCUT2D eigenvalue weighted by Crippen LogP contribution is -2.46. The molecule has 2 N–H and O–H groups in total. The molecule has 4 nitrogen and oxygen atoms in total. The summed E-state index contributed by atoms with van der Waals surface area (Å²) in [6.45, 7) is 0. The van der Waals surface area contributed by atoms with Crippen molar-refractivity contribution in [2.24, 2.45) is 0 Å². The van der Waals surface area contributed by atoms with Crippen LogP contribution in [0.4, 0.5) is 5.13 Å². The number of benzene rings is 1. The molecule has 5 heteroatoms. The Morgan fingerprint density at radius 2 is 2.22 bits per heavy atom. The van der Waals surface area contributed by atoms with Crippen molar-refractivity contribution in [3.63, 3.8) is 0 Å². The van der Waals surface area contributed by atoms with Crippen LogP contribution in [-0.2, 0) is 4.79 Å². The lowest BCUT2D eigenvalue weighted by molar-refractivity contribution is -0.138. The molecule has 1 heterocycles. The third kappa shape index (κ3) is 2.06. The van der Waals surface area contributed by atoms with E-state index in [0.717, 1.165) is 34.6 Å². The van der Waals surface area contributed by atoms with E-state index in [0.29, 0.717) is 0 Å². The molecule has 0 unspecified atom stereocenters. The van der Waals surface area contributed by atoms with Crippen molar-refractivity contribution >= 4 is 32.7 Å². The highest BCUT2D eigenvalue weighted by molar-refractivity contribution is 7.22. The molecule has 0 amide bonds. The van der Waals surface area contributed by atoms with Gasteiger partial charge in [0.05, 0.1) is 16.6 Å². The number of hydrogen-bond donors (Lipinski definition) is 2. The minimum atomic E-state index is -0.747. The fourth-order valence-corrected chi connectivity index (χ4v) is 3.38. The summed E-state index contributed by atoms with van der Waals surface area (Å²) in [5, 5.41) is 13.1. The molecule has 0 spiro atoms. The van der Waals surface area contributed by atoms with Gasteiger partial charge in [0, 0.05) is 5.54 Å². The maximum absolute atomic E-state index is 10.9. The summed E-state index contributed by atoms with van der Waals surface area (Å²) in [4.78, 5) is 15.4. The highest BCUT2D eigenvalue weighted by Gasteiger charge is 2.39. The minimum Gasteiger partial charge on any atom is -0.481 e. The van der Waals surface area contributed by atoms with Crippen LogP contribution in [0.2, 0.25) is 0 Å². The number of carbonyl (C=O) groups is 1. The summed E-state index contributed by atoms with van der Waals surface area (Å²) in [6.07, 6.45) is 3.08. The van der Waals surface area contributed by atoms with Gasteiger partial charge in [-0.2, -0.15) is 0 Å². The Hall–Kier alpha value is -1.62. The molecule has 1 saturated carbocycles. The Morgan fingerprint density at radius 1 is 1.44 bits per heavy atom. The molecule has 18 heavy (non-hydrogen) atoms. The van der Waals surface area contributed by atoms with Crippen LogP contribution in [0.15, 0.2) is 24.3 Å². The van der Waals surface area contributed by atoms with Crippen LogP contribution in [0.25, 0.3) is 10.2 Å². The van der Waals surface area contributed by atoms with Crippen molar-refractivity contribution in [3.05, 3.63) is 24.3 Å². The summed E-state index contributed by atoms with van der Waals surface area (Å²) in [5.74, 6) is -0.747. The first kappa shape index (κ1) is 11.5. The summed E-state index contributed by atoms with van der Waals surface area (Å²) in [6, 6.07) is 7.95. The molecule has 0 saturated heterocycles. The van der Waals surface area contributed by atoms with E-state index in [4.69, 9.17) is 5.11 Å². The molecule has 1 aromatic carbocycles. The molecule has 0 aliphatic heterocycles. The van der Waals surface area contributed by atoms with Crippen LogP contribution in [0.3, 0.4) is 0 Å². The van der Waals surface area contributed by atoms with Crippen molar-refractivity contribution in [1.82, 2.24) is 4.98 Å². The number of nitrogens with zero attached hydrogens (tertiary/aromatic N) is 1. The van der Waals surface area contributed by atoms with E-state index in [1.807, 2.05) is 24.3 Å². The smallest absolute Gasteiger partial charge is 0.305 e. The maximum atomic E-state index is 10.9. The first-order valence-electron chi connectivity index (χ1n) is 6.02. The second-order valence-electron chi connectivity index (χ2n) is 4.82. The van der Waals surface area contributed by atoms with Crippen molar-refractivity contribution in [2.75, 3.05) is 5.32 Å². The SMILES string of the molecule is O=C(O)CC1(Nc2nc3ccccc3s2)CCC1. The van der Waals surface area contributed by atoms with Crippen LogP contribution in [0.5, 0.6) is 0 Å². The molecule has 1 aromatic heterocycles. The van der Waals surface area contributed by atoms with Crippen molar-refractivity contribution in [3.8, 4) is 0 Å². The van der Waals surface area contributed by atoms with E-state index in [1.54, 1.807) is 11.3 Å². The van der Waals surface area contributed by atoms with Gasteiger partial charge in [0.15, 0.2) is 5.13 Å². The van der Waals surface area contributed by atoms with E-state index < -0.39 is 5.97 Å². The van der Waals surface area contributed by atoms with Gasteiger partial charge in [-0.15, -0.1) is 0 Å². The molecule has 1 aliphatic carbocycles. The Morgan fingerprint density at radius 3 is 2.83 bits per heavy atom. The first-order valence-corrected chi connectivity index (χ1v) is 6.84. The van der Waals surface area contributed by atoms with E-state index in [9.17, 15) is 4.79 Å². The first-order chi connectivity index (χ1) is 8.67. The van der Waals surface area contributed by atoms with Crippen molar-refractivity contribution < 1.29 is 9.90 Å². The number of hydrogen-bond acceptors (Lipinski definition) is 4. The zero-order valence-corrected chi connectivity index (χ0v) is 10.7. The quantitative estimate of drug-likeness (QED) is 0.888. The zero-order valence-electron chi connectivity index (χ0n) is 9.85. The third-order valence-electron chi connectivity index (χ3n) is 3.47. The minimum absolute atomic E-state index is 0.170. The van der Waals surface area contributed by atoms with Gasteiger partial charge < -0.3 is 10.4 Å². The van der Waals surface area contributed by atoms with Gasteiger partial charge in [-0.05, 0) is 31.4 Å². The average Bonchev–Trinajstić information content (AvgIpc) is 2.67. The van der Waals surface area contributed by atoms with E-state index in [1.165, 1.54) is 0 Å².